The van der Waals surface area contributed by atoms with E-state index >= 15 is 0 Å². The minimum Gasteiger partial charge on any atom is -0.463 e. The van der Waals surface area contributed by atoms with Crippen LogP contribution in [-0.2, 0) is 33.3 Å². The lowest BCUT2D eigenvalue weighted by molar-refractivity contribution is -0.167. The lowest BCUT2D eigenvalue weighted by Gasteiger charge is -2.36. The molecule has 11 nitrogen and oxygen atoms in total. The molecular formula is C15H22N2O9. The summed E-state index contributed by atoms with van der Waals surface area (Å²) in [6, 6.07) is -0.624. The molecule has 5 atom stereocenters. The summed E-state index contributed by atoms with van der Waals surface area (Å²) in [4.78, 5) is 47.4. The molecule has 2 fully saturated rings. The Kier molecular flexibility index (Phi) is 6.37. The molecule has 2 heterocycles. The minimum absolute atomic E-state index is 0.127. The summed E-state index contributed by atoms with van der Waals surface area (Å²) in [5.41, 5.74) is 0. The Morgan fingerprint density at radius 3 is 2.31 bits per heavy atom. The molecule has 2 aliphatic heterocycles. The van der Waals surface area contributed by atoms with Crippen LogP contribution in [0.25, 0.3) is 0 Å². The van der Waals surface area contributed by atoms with E-state index in [1.807, 2.05) is 0 Å². The highest BCUT2D eigenvalue weighted by molar-refractivity contribution is 5.75. The largest absolute Gasteiger partial charge is 0.463 e. The molecule has 2 saturated heterocycles. The first kappa shape index (κ1) is 19.9. The second-order valence-corrected chi connectivity index (χ2v) is 5.96. The number of urea groups is 1. The number of esters is 3. The maximum Gasteiger partial charge on any atom is 0.321 e. The summed E-state index contributed by atoms with van der Waals surface area (Å²) in [5.74, 6) is -1.88. The lowest BCUT2D eigenvalue weighted by Crippen LogP contribution is -2.58. The smallest absolute Gasteiger partial charge is 0.321 e. The molecule has 11 heteroatoms. The number of nitrogens with one attached hydrogen (secondary N) is 1. The summed E-state index contributed by atoms with van der Waals surface area (Å²) in [6.45, 7) is 3.42. The van der Waals surface area contributed by atoms with Crippen LogP contribution in [0.2, 0.25) is 0 Å². The zero-order valence-corrected chi connectivity index (χ0v) is 14.7. The average molecular weight is 374 g/mol. The van der Waals surface area contributed by atoms with Crippen molar-refractivity contribution >= 4 is 23.9 Å². The number of ether oxygens (including phenoxy) is 4. The molecule has 2 aliphatic rings. The van der Waals surface area contributed by atoms with Gasteiger partial charge in [-0.05, 0) is 0 Å². The van der Waals surface area contributed by atoms with Crippen molar-refractivity contribution < 1.29 is 43.2 Å². The Hall–Kier alpha value is -2.40. The molecule has 2 rings (SSSR count). The Labute approximate surface area is 149 Å². The van der Waals surface area contributed by atoms with Gasteiger partial charge in [-0.3, -0.25) is 19.3 Å². The van der Waals surface area contributed by atoms with E-state index in [9.17, 15) is 24.3 Å². The number of amides is 2. The van der Waals surface area contributed by atoms with E-state index in [4.69, 9.17) is 18.9 Å². The standard InChI is InChI=1S/C15H22N2O9/c1-7(18)23-6-10-12(24-8(2)19)13(25-9(3)20)14(26-10)17-5-4-11(21)16-15(17)22/h10-14,21H,4-6H2,1-3H3,(H,16,22)/t10-,11?,12-,13-,14-/m1/s1. The highest BCUT2D eigenvalue weighted by atomic mass is 16.7. The van der Waals surface area contributed by atoms with Gasteiger partial charge >= 0.3 is 23.9 Å². The fourth-order valence-corrected chi connectivity index (χ4v) is 2.85. The summed E-state index contributed by atoms with van der Waals surface area (Å²) < 4.78 is 21.1. The Balaban J connectivity index is 2.25. The quantitative estimate of drug-likeness (QED) is 0.452. The van der Waals surface area contributed by atoms with Gasteiger partial charge in [0.25, 0.3) is 0 Å². The molecule has 0 aromatic carbocycles. The van der Waals surface area contributed by atoms with Crippen LogP contribution < -0.4 is 5.32 Å². The van der Waals surface area contributed by atoms with Crippen LogP contribution >= 0.6 is 0 Å². The molecule has 0 spiro atoms. The second kappa shape index (κ2) is 8.32. The van der Waals surface area contributed by atoms with E-state index < -0.39 is 54.7 Å². The number of rotatable bonds is 5. The van der Waals surface area contributed by atoms with E-state index in [0.717, 1.165) is 0 Å². The SMILES string of the molecule is CC(=O)OC[C@H]1O[C@@H](N2CCC(O)NC2=O)[C@H](OC(C)=O)[C@@H]1OC(C)=O. The van der Waals surface area contributed by atoms with Gasteiger partial charge in [-0.1, -0.05) is 0 Å². The van der Waals surface area contributed by atoms with Crippen LogP contribution in [0.5, 0.6) is 0 Å². The molecule has 0 aromatic heterocycles. The predicted octanol–water partition coefficient (Wildman–Crippen LogP) is -1.13. The van der Waals surface area contributed by atoms with Crippen molar-refractivity contribution in [1.82, 2.24) is 10.2 Å². The van der Waals surface area contributed by atoms with Gasteiger partial charge in [-0.25, -0.2) is 4.79 Å². The van der Waals surface area contributed by atoms with Gasteiger partial charge in [-0.2, -0.15) is 0 Å². The number of carbonyl (C=O) groups is 4. The fourth-order valence-electron chi connectivity index (χ4n) is 2.85. The van der Waals surface area contributed by atoms with Gasteiger partial charge < -0.3 is 29.4 Å². The molecule has 2 N–H and O–H groups in total. The van der Waals surface area contributed by atoms with Crippen LogP contribution in [0, 0.1) is 0 Å². The van der Waals surface area contributed by atoms with Crippen LogP contribution in [-0.4, -0.2) is 77.9 Å². The molecule has 146 valence electrons. The van der Waals surface area contributed by atoms with Gasteiger partial charge in [0.15, 0.2) is 18.4 Å². The van der Waals surface area contributed by atoms with Crippen LogP contribution in [0.15, 0.2) is 0 Å². The Morgan fingerprint density at radius 1 is 1.15 bits per heavy atom. The first-order valence-electron chi connectivity index (χ1n) is 8.07. The van der Waals surface area contributed by atoms with Gasteiger partial charge in [0.1, 0.15) is 18.9 Å². The molecule has 0 bridgehead atoms. The number of carbonyl (C=O) groups excluding carboxylic acids is 4. The molecule has 2 amide bonds. The fraction of sp³-hybridized carbons (Fsp3) is 0.733. The normalized spacial score (nSPS) is 31.2. The molecule has 26 heavy (non-hydrogen) atoms. The van der Waals surface area contributed by atoms with Crippen molar-refractivity contribution in [1.29, 1.82) is 0 Å². The molecular weight excluding hydrogens is 352 g/mol. The molecule has 0 saturated carbocycles. The zero-order valence-electron chi connectivity index (χ0n) is 14.7. The lowest BCUT2D eigenvalue weighted by atomic mass is 10.1. The van der Waals surface area contributed by atoms with E-state index in [1.54, 1.807) is 0 Å². The van der Waals surface area contributed by atoms with Crippen LogP contribution in [0.1, 0.15) is 27.2 Å². The van der Waals surface area contributed by atoms with Crippen molar-refractivity contribution in [2.45, 2.75) is 58.0 Å². The van der Waals surface area contributed by atoms with E-state index in [1.165, 1.54) is 25.7 Å². The van der Waals surface area contributed by atoms with Crippen molar-refractivity contribution in [2.75, 3.05) is 13.2 Å². The summed E-state index contributed by atoms with van der Waals surface area (Å²) in [5, 5.41) is 11.8. The highest BCUT2D eigenvalue weighted by Gasteiger charge is 2.53. The average Bonchev–Trinajstić information content (AvgIpc) is 2.82. The van der Waals surface area contributed by atoms with Crippen LogP contribution in [0.4, 0.5) is 4.79 Å². The van der Waals surface area contributed by atoms with E-state index in [2.05, 4.69) is 5.32 Å². The van der Waals surface area contributed by atoms with Crippen LogP contribution in [0.3, 0.4) is 0 Å². The molecule has 0 radical (unpaired) electrons. The second-order valence-electron chi connectivity index (χ2n) is 5.96. The summed E-state index contributed by atoms with van der Waals surface area (Å²) in [6.07, 6.45) is -4.95. The molecule has 1 unspecified atom stereocenters. The number of aliphatic hydroxyl groups excluding tert-OH is 1. The van der Waals surface area contributed by atoms with Gasteiger partial charge in [0, 0.05) is 33.7 Å². The monoisotopic (exact) mass is 374 g/mol. The Morgan fingerprint density at radius 2 is 1.77 bits per heavy atom. The number of nitrogens with zero attached hydrogens (tertiary/aromatic N) is 1. The highest BCUT2D eigenvalue weighted by Crippen LogP contribution is 2.31. The molecule has 0 aromatic rings. The number of hydrogen-bond acceptors (Lipinski definition) is 9. The third-order valence-corrected chi connectivity index (χ3v) is 3.84. The van der Waals surface area contributed by atoms with E-state index in [0.29, 0.717) is 0 Å². The van der Waals surface area contributed by atoms with Crippen molar-refractivity contribution in [3.05, 3.63) is 0 Å². The maximum atomic E-state index is 12.2. The van der Waals surface area contributed by atoms with Gasteiger partial charge in [0.05, 0.1) is 0 Å². The van der Waals surface area contributed by atoms with Crippen molar-refractivity contribution in [3.63, 3.8) is 0 Å². The minimum atomic E-state index is -1.11. The third-order valence-electron chi connectivity index (χ3n) is 3.84. The number of hydrogen-bond donors (Lipinski definition) is 2. The third kappa shape index (κ3) is 4.82. The Bertz CT molecular complexity index is 581. The number of aliphatic hydroxyl groups is 1. The van der Waals surface area contributed by atoms with Crippen molar-refractivity contribution in [3.8, 4) is 0 Å². The first-order valence-corrected chi connectivity index (χ1v) is 8.07. The first-order chi connectivity index (χ1) is 12.2. The maximum absolute atomic E-state index is 12.2. The van der Waals surface area contributed by atoms with E-state index in [-0.39, 0.29) is 19.6 Å². The summed E-state index contributed by atoms with van der Waals surface area (Å²) in [7, 11) is 0. The molecule has 0 aliphatic carbocycles. The topological polar surface area (TPSA) is 141 Å². The predicted molar refractivity (Wildman–Crippen MR) is 82.3 cm³/mol. The van der Waals surface area contributed by atoms with Crippen molar-refractivity contribution in [2.24, 2.45) is 0 Å². The zero-order chi connectivity index (χ0) is 19.4. The summed E-state index contributed by atoms with van der Waals surface area (Å²) >= 11 is 0. The van der Waals surface area contributed by atoms with Gasteiger partial charge in [-0.15, -0.1) is 0 Å². The van der Waals surface area contributed by atoms with Gasteiger partial charge in [0.2, 0.25) is 0 Å².